The molecule has 0 aliphatic heterocycles. The van der Waals surface area contributed by atoms with Gasteiger partial charge in [-0.3, -0.25) is 5.10 Å². The van der Waals surface area contributed by atoms with Crippen LogP contribution >= 0.6 is 0 Å². The van der Waals surface area contributed by atoms with E-state index in [-0.39, 0.29) is 5.41 Å². The number of anilines is 1. The van der Waals surface area contributed by atoms with E-state index in [9.17, 15) is 0 Å². The first-order chi connectivity index (χ1) is 5.55. The van der Waals surface area contributed by atoms with Gasteiger partial charge in [-0.05, 0) is 12.3 Å². The van der Waals surface area contributed by atoms with Gasteiger partial charge in [0.1, 0.15) is 5.82 Å². The Balaban J connectivity index is 2.91. The van der Waals surface area contributed by atoms with E-state index < -0.39 is 0 Å². The lowest BCUT2D eigenvalue weighted by Crippen LogP contribution is -2.13. The molecule has 2 N–H and O–H groups in total. The second-order valence-electron chi connectivity index (χ2n) is 3.94. The molecule has 0 saturated carbocycles. The van der Waals surface area contributed by atoms with E-state index >= 15 is 0 Å². The van der Waals surface area contributed by atoms with Gasteiger partial charge in [0.2, 0.25) is 0 Å². The van der Waals surface area contributed by atoms with Crippen molar-refractivity contribution >= 4 is 5.82 Å². The maximum absolute atomic E-state index is 4.02. The van der Waals surface area contributed by atoms with Gasteiger partial charge < -0.3 is 5.32 Å². The first-order valence-corrected chi connectivity index (χ1v) is 4.33. The third-order valence-corrected chi connectivity index (χ3v) is 1.80. The van der Waals surface area contributed by atoms with Crippen LogP contribution in [0.2, 0.25) is 0 Å². The molecule has 68 valence electrons. The summed E-state index contributed by atoms with van der Waals surface area (Å²) in [7, 11) is 0. The summed E-state index contributed by atoms with van der Waals surface area (Å²) in [6, 6.07) is 0. The number of hydrogen-bond acceptors (Lipinski definition) is 2. The number of H-pyrrole nitrogens is 1. The Labute approximate surface area is 73.6 Å². The number of rotatable bonds is 2. The van der Waals surface area contributed by atoms with Crippen molar-refractivity contribution in [2.24, 2.45) is 0 Å². The Kier molecular flexibility index (Phi) is 2.40. The Morgan fingerprint density at radius 3 is 2.67 bits per heavy atom. The quantitative estimate of drug-likeness (QED) is 0.708. The standard InChI is InChI=1S/C9H17N3/c1-5-10-8-7(6-11-12-8)9(2,3)4/h6H,5H2,1-4H3,(H2,10,11,12). The lowest BCUT2D eigenvalue weighted by Gasteiger charge is -2.18. The molecule has 0 aliphatic carbocycles. The Bertz CT molecular complexity index is 245. The van der Waals surface area contributed by atoms with E-state index in [0.29, 0.717) is 0 Å². The Hall–Kier alpha value is -0.990. The van der Waals surface area contributed by atoms with Crippen molar-refractivity contribution in [3.63, 3.8) is 0 Å². The SMILES string of the molecule is CCNc1[nH]ncc1C(C)(C)C. The average Bonchev–Trinajstić information content (AvgIpc) is 2.34. The summed E-state index contributed by atoms with van der Waals surface area (Å²) in [6.45, 7) is 9.54. The van der Waals surface area contributed by atoms with Crippen LogP contribution in [0.15, 0.2) is 6.20 Å². The van der Waals surface area contributed by atoms with Crippen molar-refractivity contribution in [3.8, 4) is 0 Å². The zero-order valence-electron chi connectivity index (χ0n) is 8.23. The summed E-state index contributed by atoms with van der Waals surface area (Å²) in [4.78, 5) is 0. The van der Waals surface area contributed by atoms with Crippen LogP contribution in [0.5, 0.6) is 0 Å². The van der Waals surface area contributed by atoms with Crippen LogP contribution in [0.4, 0.5) is 5.82 Å². The van der Waals surface area contributed by atoms with Crippen LogP contribution in [-0.4, -0.2) is 16.7 Å². The number of nitrogens with one attached hydrogen (secondary N) is 2. The lowest BCUT2D eigenvalue weighted by atomic mass is 9.89. The van der Waals surface area contributed by atoms with Crippen LogP contribution in [0.25, 0.3) is 0 Å². The minimum atomic E-state index is 0.157. The van der Waals surface area contributed by atoms with Crippen molar-refractivity contribution in [1.82, 2.24) is 10.2 Å². The number of aromatic nitrogens is 2. The van der Waals surface area contributed by atoms with Crippen LogP contribution in [0, 0.1) is 0 Å². The summed E-state index contributed by atoms with van der Waals surface area (Å²) >= 11 is 0. The van der Waals surface area contributed by atoms with Gasteiger partial charge >= 0.3 is 0 Å². The number of aromatic amines is 1. The van der Waals surface area contributed by atoms with Crippen LogP contribution < -0.4 is 5.32 Å². The maximum atomic E-state index is 4.02. The molecule has 0 spiro atoms. The summed E-state index contributed by atoms with van der Waals surface area (Å²) in [5, 5.41) is 10.2. The van der Waals surface area contributed by atoms with Gasteiger partial charge in [0.05, 0.1) is 6.20 Å². The molecule has 0 saturated heterocycles. The molecule has 1 rings (SSSR count). The predicted octanol–water partition coefficient (Wildman–Crippen LogP) is 2.14. The van der Waals surface area contributed by atoms with E-state index in [2.05, 4.69) is 43.2 Å². The molecule has 1 aromatic rings. The lowest BCUT2D eigenvalue weighted by molar-refractivity contribution is 0.592. The van der Waals surface area contributed by atoms with Gasteiger partial charge in [-0.1, -0.05) is 20.8 Å². The summed E-state index contributed by atoms with van der Waals surface area (Å²) < 4.78 is 0. The van der Waals surface area contributed by atoms with Crippen LogP contribution in [-0.2, 0) is 5.41 Å². The molecule has 3 nitrogen and oxygen atoms in total. The number of nitrogens with zero attached hydrogens (tertiary/aromatic N) is 1. The average molecular weight is 167 g/mol. The molecule has 0 atom stereocenters. The topological polar surface area (TPSA) is 40.7 Å². The minimum absolute atomic E-state index is 0.157. The molecule has 3 heteroatoms. The van der Waals surface area contributed by atoms with Crippen molar-refractivity contribution < 1.29 is 0 Å². The smallest absolute Gasteiger partial charge is 0.125 e. The highest BCUT2D eigenvalue weighted by Gasteiger charge is 2.18. The van der Waals surface area contributed by atoms with E-state index in [1.807, 2.05) is 6.20 Å². The summed E-state index contributed by atoms with van der Waals surface area (Å²) in [5.41, 5.74) is 1.40. The molecule has 0 aromatic carbocycles. The molecule has 12 heavy (non-hydrogen) atoms. The molecular weight excluding hydrogens is 150 g/mol. The molecule has 0 unspecified atom stereocenters. The van der Waals surface area contributed by atoms with E-state index in [1.54, 1.807) is 0 Å². The fourth-order valence-electron chi connectivity index (χ4n) is 1.17. The van der Waals surface area contributed by atoms with Crippen molar-refractivity contribution in [1.29, 1.82) is 0 Å². The Morgan fingerprint density at radius 2 is 2.17 bits per heavy atom. The molecule has 1 aromatic heterocycles. The third-order valence-electron chi connectivity index (χ3n) is 1.80. The van der Waals surface area contributed by atoms with Crippen LogP contribution in [0.3, 0.4) is 0 Å². The molecule has 0 bridgehead atoms. The molecule has 0 fully saturated rings. The van der Waals surface area contributed by atoms with Gasteiger partial charge in [-0.25, -0.2) is 0 Å². The fourth-order valence-corrected chi connectivity index (χ4v) is 1.17. The van der Waals surface area contributed by atoms with Crippen molar-refractivity contribution in [2.75, 3.05) is 11.9 Å². The summed E-state index contributed by atoms with van der Waals surface area (Å²) in [5.74, 6) is 1.05. The third kappa shape index (κ3) is 1.78. The fraction of sp³-hybridized carbons (Fsp3) is 0.667. The van der Waals surface area contributed by atoms with Crippen molar-refractivity contribution in [3.05, 3.63) is 11.8 Å². The highest BCUT2D eigenvalue weighted by molar-refractivity contribution is 5.46. The molecule has 0 amide bonds. The van der Waals surface area contributed by atoms with Gasteiger partial charge in [-0.15, -0.1) is 0 Å². The van der Waals surface area contributed by atoms with Crippen molar-refractivity contribution in [2.45, 2.75) is 33.1 Å². The minimum Gasteiger partial charge on any atom is -0.370 e. The Morgan fingerprint density at radius 1 is 1.50 bits per heavy atom. The largest absolute Gasteiger partial charge is 0.370 e. The normalized spacial score (nSPS) is 11.7. The monoisotopic (exact) mass is 167 g/mol. The van der Waals surface area contributed by atoms with E-state index in [1.165, 1.54) is 5.56 Å². The van der Waals surface area contributed by atoms with Gasteiger partial charge in [-0.2, -0.15) is 5.10 Å². The first-order valence-electron chi connectivity index (χ1n) is 4.33. The highest BCUT2D eigenvalue weighted by atomic mass is 15.2. The molecular formula is C9H17N3. The summed E-state index contributed by atoms with van der Waals surface area (Å²) in [6.07, 6.45) is 1.89. The maximum Gasteiger partial charge on any atom is 0.125 e. The molecule has 0 aliphatic rings. The second-order valence-corrected chi connectivity index (χ2v) is 3.94. The number of hydrogen-bond donors (Lipinski definition) is 2. The molecule has 0 radical (unpaired) electrons. The van der Waals surface area contributed by atoms with E-state index in [0.717, 1.165) is 12.4 Å². The van der Waals surface area contributed by atoms with Gasteiger partial charge in [0, 0.05) is 12.1 Å². The zero-order chi connectivity index (χ0) is 9.19. The predicted molar refractivity (Wildman–Crippen MR) is 51.5 cm³/mol. The first kappa shape index (κ1) is 9.10. The molecule has 1 heterocycles. The second kappa shape index (κ2) is 3.17. The van der Waals surface area contributed by atoms with Gasteiger partial charge in [0.25, 0.3) is 0 Å². The van der Waals surface area contributed by atoms with Gasteiger partial charge in [0.15, 0.2) is 0 Å². The highest BCUT2D eigenvalue weighted by Crippen LogP contribution is 2.26. The van der Waals surface area contributed by atoms with E-state index in [4.69, 9.17) is 0 Å². The zero-order valence-corrected chi connectivity index (χ0v) is 8.23. The van der Waals surface area contributed by atoms with Crippen LogP contribution in [0.1, 0.15) is 33.3 Å².